The molecule has 19 heavy (non-hydrogen) atoms. The van der Waals surface area contributed by atoms with Crippen molar-refractivity contribution in [3.63, 3.8) is 0 Å². The predicted octanol–water partition coefficient (Wildman–Crippen LogP) is 5.25. The van der Waals surface area contributed by atoms with Gasteiger partial charge in [-0.25, -0.2) is 0 Å². The van der Waals surface area contributed by atoms with E-state index in [1.54, 1.807) is 0 Å². The lowest BCUT2D eigenvalue weighted by molar-refractivity contribution is 0.380. The van der Waals surface area contributed by atoms with Gasteiger partial charge in [-0.2, -0.15) is 0 Å². The highest BCUT2D eigenvalue weighted by atomic mass is 35.5. The quantitative estimate of drug-likeness (QED) is 0.652. The van der Waals surface area contributed by atoms with Crippen LogP contribution in [0.15, 0.2) is 24.3 Å². The molecule has 0 spiro atoms. The van der Waals surface area contributed by atoms with Crippen LogP contribution in [0, 0.1) is 5.92 Å². The highest BCUT2D eigenvalue weighted by molar-refractivity contribution is 6.30. The monoisotopic (exact) mass is 281 g/mol. The van der Waals surface area contributed by atoms with Crippen molar-refractivity contribution >= 4 is 11.6 Å². The van der Waals surface area contributed by atoms with Gasteiger partial charge in [-0.1, -0.05) is 63.3 Å². The molecule has 0 radical (unpaired) electrons. The van der Waals surface area contributed by atoms with Gasteiger partial charge in [-0.05, 0) is 43.0 Å². The minimum absolute atomic E-state index is 0.575. The van der Waals surface area contributed by atoms with Crippen molar-refractivity contribution in [1.82, 2.24) is 5.32 Å². The first kappa shape index (κ1) is 16.5. The zero-order valence-electron chi connectivity index (χ0n) is 12.6. The van der Waals surface area contributed by atoms with Crippen LogP contribution < -0.4 is 5.32 Å². The zero-order chi connectivity index (χ0) is 14.1. The van der Waals surface area contributed by atoms with E-state index in [4.69, 9.17) is 11.6 Å². The maximum Gasteiger partial charge on any atom is 0.0408 e. The minimum Gasteiger partial charge on any atom is -0.319 e. The first-order valence-corrected chi connectivity index (χ1v) is 7.99. The van der Waals surface area contributed by atoms with Crippen LogP contribution in [0.25, 0.3) is 0 Å². The van der Waals surface area contributed by atoms with Gasteiger partial charge >= 0.3 is 0 Å². The molecule has 0 fully saturated rings. The van der Waals surface area contributed by atoms with E-state index in [2.05, 4.69) is 37.4 Å². The second-order valence-electron chi connectivity index (χ2n) is 5.46. The van der Waals surface area contributed by atoms with Gasteiger partial charge in [0.05, 0.1) is 0 Å². The SMILES string of the molecule is CCCCC(CC)CC(CNC)c1cccc(Cl)c1. The molecule has 108 valence electrons. The lowest BCUT2D eigenvalue weighted by atomic mass is 9.85. The van der Waals surface area contributed by atoms with Gasteiger partial charge in [-0.15, -0.1) is 0 Å². The Bertz CT molecular complexity index is 351. The van der Waals surface area contributed by atoms with Crippen molar-refractivity contribution < 1.29 is 0 Å². The van der Waals surface area contributed by atoms with Gasteiger partial charge in [-0.3, -0.25) is 0 Å². The summed E-state index contributed by atoms with van der Waals surface area (Å²) in [7, 11) is 2.03. The maximum absolute atomic E-state index is 6.12. The third kappa shape index (κ3) is 5.97. The Labute approximate surface area is 123 Å². The topological polar surface area (TPSA) is 12.0 Å². The van der Waals surface area contributed by atoms with Crippen molar-refractivity contribution in [1.29, 1.82) is 0 Å². The smallest absolute Gasteiger partial charge is 0.0408 e. The number of benzene rings is 1. The van der Waals surface area contributed by atoms with E-state index < -0.39 is 0 Å². The summed E-state index contributed by atoms with van der Waals surface area (Å²) in [6, 6.07) is 8.35. The van der Waals surface area contributed by atoms with Gasteiger partial charge in [0, 0.05) is 11.6 Å². The molecule has 0 saturated heterocycles. The molecule has 0 amide bonds. The summed E-state index contributed by atoms with van der Waals surface area (Å²) in [6.07, 6.45) is 6.54. The maximum atomic E-state index is 6.12. The second-order valence-corrected chi connectivity index (χ2v) is 5.90. The molecule has 0 aliphatic heterocycles. The van der Waals surface area contributed by atoms with Crippen LogP contribution in [0.3, 0.4) is 0 Å². The third-order valence-electron chi connectivity index (χ3n) is 3.93. The van der Waals surface area contributed by atoms with Gasteiger partial charge < -0.3 is 5.32 Å². The molecule has 0 aromatic heterocycles. The summed E-state index contributed by atoms with van der Waals surface area (Å²) in [5, 5.41) is 4.18. The van der Waals surface area contributed by atoms with Crippen molar-refractivity contribution in [3.8, 4) is 0 Å². The lowest BCUT2D eigenvalue weighted by Crippen LogP contribution is -2.20. The lowest BCUT2D eigenvalue weighted by Gasteiger charge is -2.23. The van der Waals surface area contributed by atoms with Crippen LogP contribution in [-0.4, -0.2) is 13.6 Å². The average Bonchev–Trinajstić information content (AvgIpc) is 2.42. The van der Waals surface area contributed by atoms with E-state index in [1.807, 2.05) is 13.1 Å². The van der Waals surface area contributed by atoms with Gasteiger partial charge in [0.15, 0.2) is 0 Å². The summed E-state index contributed by atoms with van der Waals surface area (Å²) in [4.78, 5) is 0. The van der Waals surface area contributed by atoms with E-state index >= 15 is 0 Å². The number of rotatable bonds is 9. The fourth-order valence-corrected chi connectivity index (χ4v) is 2.93. The van der Waals surface area contributed by atoms with E-state index in [9.17, 15) is 0 Å². The Morgan fingerprint density at radius 1 is 1.26 bits per heavy atom. The van der Waals surface area contributed by atoms with Gasteiger partial charge in [0.25, 0.3) is 0 Å². The Morgan fingerprint density at radius 2 is 2.05 bits per heavy atom. The molecule has 0 aliphatic carbocycles. The molecule has 1 aromatic carbocycles. The summed E-state index contributed by atoms with van der Waals surface area (Å²) < 4.78 is 0. The van der Waals surface area contributed by atoms with E-state index in [1.165, 1.54) is 37.7 Å². The molecule has 1 aromatic rings. The van der Waals surface area contributed by atoms with Crippen LogP contribution in [0.2, 0.25) is 5.02 Å². The molecular weight excluding hydrogens is 254 g/mol. The van der Waals surface area contributed by atoms with Crippen LogP contribution in [0.5, 0.6) is 0 Å². The van der Waals surface area contributed by atoms with Crippen molar-refractivity contribution in [2.75, 3.05) is 13.6 Å². The molecule has 2 unspecified atom stereocenters. The molecule has 0 aliphatic rings. The van der Waals surface area contributed by atoms with Crippen LogP contribution >= 0.6 is 11.6 Å². The standard InChI is InChI=1S/C17H28ClN/c1-4-6-8-14(5-2)11-16(13-19-3)15-9-7-10-17(18)12-15/h7,9-10,12,14,16,19H,4-6,8,11,13H2,1-3H3. The fraction of sp³-hybridized carbons (Fsp3) is 0.647. The Kier molecular flexibility index (Phi) is 8.16. The molecule has 1 nitrogen and oxygen atoms in total. The summed E-state index contributed by atoms with van der Waals surface area (Å²) >= 11 is 6.12. The molecule has 0 saturated carbocycles. The number of likely N-dealkylation sites (N-methyl/N-ethyl adjacent to an activating group) is 1. The van der Waals surface area contributed by atoms with E-state index in [-0.39, 0.29) is 0 Å². The summed E-state index contributed by atoms with van der Waals surface area (Å²) in [5.41, 5.74) is 1.37. The number of hydrogen-bond acceptors (Lipinski definition) is 1. The molecule has 2 atom stereocenters. The first-order valence-electron chi connectivity index (χ1n) is 7.61. The fourth-order valence-electron chi connectivity index (χ4n) is 2.73. The molecule has 1 rings (SSSR count). The highest BCUT2D eigenvalue weighted by Gasteiger charge is 2.16. The largest absolute Gasteiger partial charge is 0.319 e. The van der Waals surface area contributed by atoms with Crippen LogP contribution in [-0.2, 0) is 0 Å². The van der Waals surface area contributed by atoms with E-state index in [0.717, 1.165) is 17.5 Å². The van der Waals surface area contributed by atoms with E-state index in [0.29, 0.717) is 5.92 Å². The average molecular weight is 282 g/mol. The normalized spacial score (nSPS) is 14.3. The predicted molar refractivity (Wildman–Crippen MR) is 86.0 cm³/mol. The zero-order valence-corrected chi connectivity index (χ0v) is 13.3. The van der Waals surface area contributed by atoms with Gasteiger partial charge in [0.1, 0.15) is 0 Å². The Morgan fingerprint density at radius 3 is 2.63 bits per heavy atom. The highest BCUT2D eigenvalue weighted by Crippen LogP contribution is 2.29. The van der Waals surface area contributed by atoms with Gasteiger partial charge in [0.2, 0.25) is 0 Å². The van der Waals surface area contributed by atoms with Crippen molar-refractivity contribution in [3.05, 3.63) is 34.9 Å². The molecule has 1 N–H and O–H groups in total. The van der Waals surface area contributed by atoms with Crippen LogP contribution in [0.1, 0.15) is 57.4 Å². The molecular formula is C17H28ClN. The second kappa shape index (κ2) is 9.39. The van der Waals surface area contributed by atoms with Crippen LogP contribution in [0.4, 0.5) is 0 Å². The number of hydrogen-bond donors (Lipinski definition) is 1. The Hall–Kier alpha value is -0.530. The van der Waals surface area contributed by atoms with Crippen molar-refractivity contribution in [2.45, 2.75) is 51.9 Å². The summed E-state index contributed by atoms with van der Waals surface area (Å²) in [5.74, 6) is 1.41. The molecule has 0 heterocycles. The van der Waals surface area contributed by atoms with Crippen molar-refractivity contribution in [2.24, 2.45) is 5.92 Å². The first-order chi connectivity index (χ1) is 9.21. The molecule has 2 heteroatoms. The minimum atomic E-state index is 0.575. The molecule has 0 bridgehead atoms. The number of halogens is 1. The number of nitrogens with one attached hydrogen (secondary N) is 1. The number of unbranched alkanes of at least 4 members (excludes halogenated alkanes) is 1. The summed E-state index contributed by atoms with van der Waals surface area (Å²) in [6.45, 7) is 5.62. The Balaban J connectivity index is 2.70. The third-order valence-corrected chi connectivity index (χ3v) is 4.17.